The molecule has 1 atom stereocenters. The molecule has 0 saturated heterocycles. The van der Waals surface area contributed by atoms with Crippen LogP contribution in [-0.2, 0) is 0 Å². The summed E-state index contributed by atoms with van der Waals surface area (Å²) in [5.41, 5.74) is -0.0256. The standard InChI is InChI=1S/C17H37NO/c1-6-9-10-11-12-13-14-15-16(19)17(7-2,8-3)18(4)5/h16,19H,6-15H2,1-5H3. The average Bonchev–Trinajstić information content (AvgIpc) is 2.39. The summed E-state index contributed by atoms with van der Waals surface area (Å²) < 4.78 is 0. The molecule has 0 spiro atoms. The second kappa shape index (κ2) is 10.7. The number of likely N-dealkylation sites (N-methyl/N-ethyl adjacent to an activating group) is 1. The first-order valence-electron chi connectivity index (χ1n) is 8.40. The van der Waals surface area contributed by atoms with Gasteiger partial charge in [0, 0.05) is 5.54 Å². The maximum absolute atomic E-state index is 10.5. The molecule has 19 heavy (non-hydrogen) atoms. The summed E-state index contributed by atoms with van der Waals surface area (Å²) in [6, 6.07) is 0. The molecular formula is C17H37NO. The SMILES string of the molecule is CCCCCCCCCC(O)C(CC)(CC)N(C)C. The van der Waals surface area contributed by atoms with Crippen LogP contribution in [0.15, 0.2) is 0 Å². The van der Waals surface area contributed by atoms with E-state index in [4.69, 9.17) is 0 Å². The van der Waals surface area contributed by atoms with Crippen molar-refractivity contribution < 1.29 is 5.11 Å². The van der Waals surface area contributed by atoms with Crippen molar-refractivity contribution in [3.05, 3.63) is 0 Å². The van der Waals surface area contributed by atoms with Gasteiger partial charge in [-0.2, -0.15) is 0 Å². The fraction of sp³-hybridized carbons (Fsp3) is 1.00. The van der Waals surface area contributed by atoms with Crippen molar-refractivity contribution in [3.63, 3.8) is 0 Å². The van der Waals surface area contributed by atoms with Crippen molar-refractivity contribution in [1.29, 1.82) is 0 Å². The lowest BCUT2D eigenvalue weighted by Crippen LogP contribution is -2.52. The number of hydrogen-bond donors (Lipinski definition) is 1. The zero-order valence-electron chi connectivity index (χ0n) is 14.0. The van der Waals surface area contributed by atoms with Crippen LogP contribution >= 0.6 is 0 Å². The first-order valence-corrected chi connectivity index (χ1v) is 8.40. The smallest absolute Gasteiger partial charge is 0.0723 e. The Balaban J connectivity index is 3.91. The molecule has 0 aromatic carbocycles. The van der Waals surface area contributed by atoms with Gasteiger partial charge in [0.25, 0.3) is 0 Å². The molecule has 0 aromatic heterocycles. The first kappa shape index (κ1) is 18.9. The van der Waals surface area contributed by atoms with Crippen molar-refractivity contribution in [2.45, 2.75) is 96.6 Å². The van der Waals surface area contributed by atoms with Crippen LogP contribution < -0.4 is 0 Å². The molecule has 0 aliphatic heterocycles. The molecule has 1 unspecified atom stereocenters. The predicted octanol–water partition coefficient (Wildman–Crippen LogP) is 4.61. The van der Waals surface area contributed by atoms with Crippen LogP contribution in [-0.4, -0.2) is 35.7 Å². The number of unbranched alkanes of at least 4 members (excludes halogenated alkanes) is 6. The third-order valence-corrected chi connectivity index (χ3v) is 4.82. The van der Waals surface area contributed by atoms with E-state index in [-0.39, 0.29) is 11.6 Å². The molecule has 0 amide bonds. The quantitative estimate of drug-likeness (QED) is 0.524. The van der Waals surface area contributed by atoms with Gasteiger partial charge in [0.1, 0.15) is 0 Å². The van der Waals surface area contributed by atoms with Crippen LogP contribution in [0.3, 0.4) is 0 Å². The van der Waals surface area contributed by atoms with Crippen molar-refractivity contribution in [2.75, 3.05) is 14.1 Å². The lowest BCUT2D eigenvalue weighted by atomic mass is 9.82. The molecule has 0 radical (unpaired) electrons. The predicted molar refractivity (Wildman–Crippen MR) is 85.6 cm³/mol. The zero-order chi connectivity index (χ0) is 14.7. The zero-order valence-corrected chi connectivity index (χ0v) is 14.0. The highest BCUT2D eigenvalue weighted by Gasteiger charge is 2.35. The van der Waals surface area contributed by atoms with Gasteiger partial charge in [0.05, 0.1) is 6.10 Å². The lowest BCUT2D eigenvalue weighted by Gasteiger charge is -2.42. The number of rotatable bonds is 12. The Labute approximate surface area is 121 Å². The van der Waals surface area contributed by atoms with Crippen molar-refractivity contribution in [1.82, 2.24) is 4.90 Å². The highest BCUT2D eigenvalue weighted by molar-refractivity contribution is 4.92. The fourth-order valence-electron chi connectivity index (χ4n) is 3.22. The van der Waals surface area contributed by atoms with E-state index in [9.17, 15) is 5.11 Å². The van der Waals surface area contributed by atoms with Gasteiger partial charge in [0.15, 0.2) is 0 Å². The van der Waals surface area contributed by atoms with Gasteiger partial charge in [-0.05, 0) is 33.4 Å². The molecular weight excluding hydrogens is 234 g/mol. The normalized spacial score (nSPS) is 14.1. The third kappa shape index (κ3) is 6.27. The average molecular weight is 271 g/mol. The summed E-state index contributed by atoms with van der Waals surface area (Å²) in [5.74, 6) is 0. The summed E-state index contributed by atoms with van der Waals surface area (Å²) in [5, 5.41) is 10.5. The van der Waals surface area contributed by atoms with Gasteiger partial charge in [-0.3, -0.25) is 0 Å². The Morgan fingerprint density at radius 1 is 0.842 bits per heavy atom. The summed E-state index contributed by atoms with van der Waals surface area (Å²) in [7, 11) is 4.20. The number of hydrogen-bond acceptors (Lipinski definition) is 2. The molecule has 0 saturated carbocycles. The summed E-state index contributed by atoms with van der Waals surface area (Å²) in [6.45, 7) is 6.64. The highest BCUT2D eigenvalue weighted by atomic mass is 16.3. The Morgan fingerprint density at radius 3 is 1.74 bits per heavy atom. The van der Waals surface area contributed by atoms with Crippen LogP contribution in [0.25, 0.3) is 0 Å². The van der Waals surface area contributed by atoms with Gasteiger partial charge in [-0.25, -0.2) is 0 Å². The van der Waals surface area contributed by atoms with E-state index in [1.54, 1.807) is 0 Å². The Hall–Kier alpha value is -0.0800. The summed E-state index contributed by atoms with van der Waals surface area (Å²) >= 11 is 0. The largest absolute Gasteiger partial charge is 0.391 e. The van der Waals surface area contributed by atoms with E-state index in [1.807, 2.05) is 0 Å². The Bertz CT molecular complexity index is 199. The van der Waals surface area contributed by atoms with Crippen LogP contribution in [0.4, 0.5) is 0 Å². The van der Waals surface area contributed by atoms with E-state index >= 15 is 0 Å². The summed E-state index contributed by atoms with van der Waals surface area (Å²) in [4.78, 5) is 2.22. The Kier molecular flexibility index (Phi) is 10.6. The molecule has 0 heterocycles. The van der Waals surface area contributed by atoms with E-state index in [2.05, 4.69) is 39.8 Å². The monoisotopic (exact) mass is 271 g/mol. The number of nitrogens with zero attached hydrogens (tertiary/aromatic N) is 1. The van der Waals surface area contributed by atoms with Crippen LogP contribution in [0.5, 0.6) is 0 Å². The Morgan fingerprint density at radius 2 is 1.32 bits per heavy atom. The second-order valence-corrected chi connectivity index (χ2v) is 6.13. The van der Waals surface area contributed by atoms with E-state index in [1.165, 1.54) is 44.9 Å². The van der Waals surface area contributed by atoms with E-state index < -0.39 is 0 Å². The molecule has 1 N–H and O–H groups in total. The third-order valence-electron chi connectivity index (χ3n) is 4.82. The maximum atomic E-state index is 10.5. The molecule has 0 fully saturated rings. The topological polar surface area (TPSA) is 23.5 Å². The number of aliphatic hydroxyl groups excluding tert-OH is 1. The lowest BCUT2D eigenvalue weighted by molar-refractivity contribution is -0.0188. The first-order chi connectivity index (χ1) is 9.05. The molecule has 0 aliphatic rings. The minimum absolute atomic E-state index is 0.0256. The minimum Gasteiger partial charge on any atom is -0.391 e. The number of aliphatic hydroxyl groups is 1. The molecule has 0 rings (SSSR count). The van der Waals surface area contributed by atoms with Gasteiger partial charge in [-0.15, -0.1) is 0 Å². The van der Waals surface area contributed by atoms with Gasteiger partial charge in [-0.1, -0.05) is 65.7 Å². The van der Waals surface area contributed by atoms with Gasteiger partial charge >= 0.3 is 0 Å². The van der Waals surface area contributed by atoms with E-state index in [0.29, 0.717) is 0 Å². The van der Waals surface area contributed by atoms with Crippen LogP contribution in [0, 0.1) is 0 Å². The van der Waals surface area contributed by atoms with Gasteiger partial charge < -0.3 is 10.0 Å². The van der Waals surface area contributed by atoms with Crippen LogP contribution in [0.1, 0.15) is 85.0 Å². The maximum Gasteiger partial charge on any atom is 0.0723 e. The molecule has 0 bridgehead atoms. The minimum atomic E-state index is -0.187. The molecule has 2 heteroatoms. The van der Waals surface area contributed by atoms with Crippen LogP contribution in [0.2, 0.25) is 0 Å². The molecule has 2 nitrogen and oxygen atoms in total. The highest BCUT2D eigenvalue weighted by Crippen LogP contribution is 2.28. The summed E-state index contributed by atoms with van der Waals surface area (Å²) in [6.07, 6.45) is 12.0. The molecule has 0 aromatic rings. The van der Waals surface area contributed by atoms with Crippen molar-refractivity contribution in [2.24, 2.45) is 0 Å². The molecule has 116 valence electrons. The van der Waals surface area contributed by atoms with Crippen molar-refractivity contribution >= 4 is 0 Å². The molecule has 0 aliphatic carbocycles. The van der Waals surface area contributed by atoms with E-state index in [0.717, 1.165) is 19.3 Å². The second-order valence-electron chi connectivity index (χ2n) is 6.13. The fourth-order valence-corrected chi connectivity index (χ4v) is 3.22. The van der Waals surface area contributed by atoms with Gasteiger partial charge in [0.2, 0.25) is 0 Å². The van der Waals surface area contributed by atoms with Crippen molar-refractivity contribution in [3.8, 4) is 0 Å².